The Hall–Kier alpha value is -1.28. The second-order valence-electron chi connectivity index (χ2n) is 3.89. The maximum absolute atomic E-state index is 11.2. The number of halogens is 3. The van der Waals surface area contributed by atoms with Crippen LogP contribution in [0.5, 0.6) is 0 Å². The molecule has 0 fully saturated rings. The average Bonchev–Trinajstić information content (AvgIpc) is 2.39. The fourth-order valence-corrected chi connectivity index (χ4v) is 2.20. The molecule has 0 aliphatic rings. The van der Waals surface area contributed by atoms with E-state index in [2.05, 4.69) is 0 Å². The molecule has 0 unspecified atom stereocenters. The molecule has 4 heteroatoms. The summed E-state index contributed by atoms with van der Waals surface area (Å²) in [5.41, 5.74) is 2.05. The van der Waals surface area contributed by atoms with Crippen LogP contribution in [-0.4, -0.2) is 6.29 Å². The van der Waals surface area contributed by atoms with Gasteiger partial charge in [0.2, 0.25) is 0 Å². The van der Waals surface area contributed by atoms with Gasteiger partial charge >= 0.3 is 0 Å². The van der Waals surface area contributed by atoms with E-state index in [-0.39, 0.29) is 0 Å². The van der Waals surface area contributed by atoms with Crippen LogP contribution in [0.15, 0.2) is 42.5 Å². The monoisotopic (exact) mass is 310 g/mol. The Morgan fingerprint density at radius 1 is 0.895 bits per heavy atom. The number of carbonyl (C=O) groups is 1. The highest BCUT2D eigenvalue weighted by molar-refractivity contribution is 6.36. The van der Waals surface area contributed by atoms with Gasteiger partial charge in [-0.25, -0.2) is 0 Å². The zero-order valence-corrected chi connectivity index (χ0v) is 12.0. The lowest BCUT2D eigenvalue weighted by Crippen LogP contribution is -1.86. The van der Waals surface area contributed by atoms with Crippen molar-refractivity contribution in [2.24, 2.45) is 0 Å². The summed E-state index contributed by atoms with van der Waals surface area (Å²) in [6, 6.07) is 12.2. The smallest absolute Gasteiger partial charge is 0.150 e. The summed E-state index contributed by atoms with van der Waals surface area (Å²) in [6.45, 7) is 0. The van der Waals surface area contributed by atoms with Crippen LogP contribution in [0, 0.1) is 0 Å². The summed E-state index contributed by atoms with van der Waals surface area (Å²) < 4.78 is 0. The summed E-state index contributed by atoms with van der Waals surface area (Å²) >= 11 is 17.7. The van der Waals surface area contributed by atoms with Crippen LogP contribution < -0.4 is 0 Å². The zero-order valence-electron chi connectivity index (χ0n) is 9.74. The Morgan fingerprint density at radius 2 is 1.53 bits per heavy atom. The third kappa shape index (κ3) is 3.60. The van der Waals surface area contributed by atoms with E-state index in [0.29, 0.717) is 20.6 Å². The third-order valence-electron chi connectivity index (χ3n) is 2.58. The lowest BCUT2D eigenvalue weighted by Gasteiger charge is -2.03. The molecular weight excluding hydrogens is 303 g/mol. The van der Waals surface area contributed by atoms with Crippen molar-refractivity contribution < 1.29 is 4.79 Å². The van der Waals surface area contributed by atoms with Gasteiger partial charge in [0.05, 0.1) is 0 Å². The van der Waals surface area contributed by atoms with Crippen LogP contribution in [0.25, 0.3) is 11.6 Å². The quantitative estimate of drug-likeness (QED) is 0.422. The first-order chi connectivity index (χ1) is 9.10. The van der Waals surface area contributed by atoms with E-state index in [4.69, 9.17) is 34.8 Å². The Labute approximate surface area is 126 Å². The Bertz CT molecular complexity index is 630. The van der Waals surface area contributed by atoms with Crippen molar-refractivity contribution in [1.82, 2.24) is 0 Å². The highest BCUT2D eigenvalue weighted by atomic mass is 35.5. The molecule has 0 aromatic heterocycles. The molecule has 0 aliphatic carbocycles. The first-order valence-corrected chi connectivity index (χ1v) is 6.61. The summed E-state index contributed by atoms with van der Waals surface area (Å²) in [5, 5.41) is 1.68. The maximum Gasteiger partial charge on any atom is 0.150 e. The minimum atomic E-state index is 0.501. The van der Waals surface area contributed by atoms with Gasteiger partial charge < -0.3 is 0 Å². The predicted octanol–water partition coefficient (Wildman–Crippen LogP) is 5.39. The fraction of sp³-hybridized carbons (Fsp3) is 0. The van der Waals surface area contributed by atoms with Crippen molar-refractivity contribution in [2.45, 2.75) is 0 Å². The molecule has 0 atom stereocenters. The molecule has 2 rings (SSSR count). The van der Waals surface area contributed by atoms with Gasteiger partial charge in [0.1, 0.15) is 0 Å². The van der Waals surface area contributed by atoms with E-state index < -0.39 is 0 Å². The second-order valence-corrected chi connectivity index (χ2v) is 5.17. The summed E-state index contributed by atoms with van der Waals surface area (Å²) in [6.07, 6.45) is 2.50. The third-order valence-corrected chi connectivity index (χ3v) is 3.39. The first kappa shape index (κ1) is 14.1. The predicted molar refractivity (Wildman–Crippen MR) is 81.8 cm³/mol. The topological polar surface area (TPSA) is 17.1 Å². The number of carbonyl (C=O) groups excluding carboxylic acids is 1. The van der Waals surface area contributed by atoms with Crippen LogP contribution in [0.2, 0.25) is 15.1 Å². The molecule has 0 radical (unpaired) electrons. The van der Waals surface area contributed by atoms with Gasteiger partial charge in [-0.1, -0.05) is 53.0 Å². The second kappa shape index (κ2) is 6.25. The highest BCUT2D eigenvalue weighted by Gasteiger charge is 2.04. The molecule has 0 saturated carbocycles. The van der Waals surface area contributed by atoms with Crippen molar-refractivity contribution >= 4 is 52.7 Å². The van der Waals surface area contributed by atoms with Gasteiger partial charge in [0.15, 0.2) is 6.29 Å². The van der Waals surface area contributed by atoms with E-state index >= 15 is 0 Å². The van der Waals surface area contributed by atoms with Gasteiger partial charge in [-0.2, -0.15) is 0 Å². The van der Waals surface area contributed by atoms with Crippen LogP contribution in [0.4, 0.5) is 0 Å². The first-order valence-electron chi connectivity index (χ1n) is 5.48. The molecule has 1 nitrogen and oxygen atoms in total. The molecular formula is C15H9Cl3O. The van der Waals surface area contributed by atoms with Gasteiger partial charge in [-0.15, -0.1) is 0 Å². The largest absolute Gasteiger partial charge is 0.298 e. The average molecular weight is 312 g/mol. The number of hydrogen-bond acceptors (Lipinski definition) is 1. The lowest BCUT2D eigenvalue weighted by atomic mass is 10.0. The molecule has 0 saturated heterocycles. The van der Waals surface area contributed by atoms with Crippen LogP contribution in [0.3, 0.4) is 0 Å². The number of hydrogen-bond donors (Lipinski definition) is 0. The van der Waals surface area contributed by atoms with Crippen molar-refractivity contribution in [3.05, 3.63) is 68.7 Å². The highest BCUT2D eigenvalue weighted by Crippen LogP contribution is 2.25. The van der Waals surface area contributed by atoms with E-state index in [1.165, 1.54) is 0 Å². The Balaban J connectivity index is 2.43. The summed E-state index contributed by atoms with van der Waals surface area (Å²) in [5.74, 6) is 0. The summed E-state index contributed by atoms with van der Waals surface area (Å²) in [4.78, 5) is 11.2. The standard InChI is InChI=1S/C15H9Cl3O/c16-13-4-1-10(2-5-13)12(9-19)7-11-3-6-14(17)8-15(11)18/h1-9H. The molecule has 96 valence electrons. The molecule has 0 heterocycles. The van der Waals surface area contributed by atoms with E-state index in [1.54, 1.807) is 48.5 Å². The van der Waals surface area contributed by atoms with Crippen LogP contribution >= 0.6 is 34.8 Å². The van der Waals surface area contributed by atoms with Crippen molar-refractivity contribution in [1.29, 1.82) is 0 Å². The molecule has 0 aliphatic heterocycles. The number of rotatable bonds is 3. The minimum Gasteiger partial charge on any atom is -0.298 e. The van der Waals surface area contributed by atoms with Crippen LogP contribution in [0.1, 0.15) is 11.1 Å². The van der Waals surface area contributed by atoms with Crippen LogP contribution in [-0.2, 0) is 4.79 Å². The molecule has 0 spiro atoms. The minimum absolute atomic E-state index is 0.501. The van der Waals surface area contributed by atoms with Gasteiger partial charge in [0.25, 0.3) is 0 Å². The number of allylic oxidation sites excluding steroid dienone is 1. The van der Waals surface area contributed by atoms with Crippen molar-refractivity contribution in [3.63, 3.8) is 0 Å². The molecule has 2 aromatic rings. The van der Waals surface area contributed by atoms with Crippen molar-refractivity contribution in [3.8, 4) is 0 Å². The molecule has 19 heavy (non-hydrogen) atoms. The number of aldehydes is 1. The van der Waals surface area contributed by atoms with Crippen molar-refractivity contribution in [2.75, 3.05) is 0 Å². The number of benzene rings is 2. The summed E-state index contributed by atoms with van der Waals surface area (Å²) in [7, 11) is 0. The van der Waals surface area contributed by atoms with Gasteiger partial charge in [0, 0.05) is 20.6 Å². The normalized spacial score (nSPS) is 11.4. The maximum atomic E-state index is 11.2. The molecule has 0 N–H and O–H groups in total. The van der Waals surface area contributed by atoms with Gasteiger partial charge in [-0.05, 0) is 41.5 Å². The lowest BCUT2D eigenvalue weighted by molar-refractivity contribution is -0.103. The molecule has 0 bridgehead atoms. The Morgan fingerprint density at radius 3 is 2.11 bits per heavy atom. The van der Waals surface area contributed by atoms with E-state index in [0.717, 1.165) is 17.4 Å². The fourth-order valence-electron chi connectivity index (χ4n) is 1.61. The van der Waals surface area contributed by atoms with Gasteiger partial charge in [-0.3, -0.25) is 4.79 Å². The molecule has 2 aromatic carbocycles. The van der Waals surface area contributed by atoms with E-state index in [9.17, 15) is 4.79 Å². The molecule has 0 amide bonds. The van der Waals surface area contributed by atoms with E-state index in [1.807, 2.05) is 0 Å². The Kier molecular flexibility index (Phi) is 4.65. The SMILES string of the molecule is O=CC(=Cc1ccc(Cl)cc1Cl)c1ccc(Cl)cc1. The zero-order chi connectivity index (χ0) is 13.8.